The molecule has 0 aliphatic carbocycles. The summed E-state index contributed by atoms with van der Waals surface area (Å²) in [5.74, 6) is -1.12. The third-order valence-electron chi connectivity index (χ3n) is 3.54. The summed E-state index contributed by atoms with van der Waals surface area (Å²) in [6, 6.07) is 10.4. The van der Waals surface area contributed by atoms with Gasteiger partial charge in [0.1, 0.15) is 6.54 Å². The minimum absolute atomic E-state index is 0.0959. The Bertz CT molecular complexity index is 819. The summed E-state index contributed by atoms with van der Waals surface area (Å²) in [7, 11) is 1.58. The van der Waals surface area contributed by atoms with Crippen molar-refractivity contribution in [2.75, 3.05) is 13.6 Å². The van der Waals surface area contributed by atoms with Crippen LogP contribution < -0.4 is 5.32 Å². The van der Waals surface area contributed by atoms with Gasteiger partial charge >= 0.3 is 6.18 Å². The van der Waals surface area contributed by atoms with Gasteiger partial charge in [0.25, 0.3) is 11.8 Å². The molecule has 2 aromatic rings. The lowest BCUT2D eigenvalue weighted by Gasteiger charge is -2.18. The molecule has 0 unspecified atom stereocenters. The first kappa shape index (κ1) is 21.1. The molecule has 1 N–H and O–H groups in total. The van der Waals surface area contributed by atoms with Gasteiger partial charge in [0.2, 0.25) is 0 Å². The van der Waals surface area contributed by atoms with Gasteiger partial charge < -0.3 is 10.2 Å². The predicted molar refractivity (Wildman–Crippen MR) is 97.1 cm³/mol. The zero-order valence-corrected chi connectivity index (χ0v) is 15.6. The summed E-state index contributed by atoms with van der Waals surface area (Å²) < 4.78 is 36.4. The van der Waals surface area contributed by atoms with Crippen molar-refractivity contribution in [1.29, 1.82) is 0 Å². The van der Waals surface area contributed by atoms with Crippen molar-refractivity contribution in [3.63, 3.8) is 0 Å². The van der Waals surface area contributed by atoms with Gasteiger partial charge in [-0.2, -0.15) is 13.2 Å². The number of halogens is 5. The van der Waals surface area contributed by atoms with Gasteiger partial charge in [-0.3, -0.25) is 9.59 Å². The van der Waals surface area contributed by atoms with Crippen LogP contribution in [0.2, 0.25) is 10.0 Å². The SMILES string of the molecule is CN(Cc1ccc(C(=O)NCC(F)(F)F)cc1)C(=O)c1cc(Cl)cc(Cl)c1. The maximum Gasteiger partial charge on any atom is 0.405 e. The Labute approximate surface area is 163 Å². The lowest BCUT2D eigenvalue weighted by Crippen LogP contribution is -2.33. The molecular weight excluding hydrogens is 404 g/mol. The molecule has 0 aliphatic heterocycles. The molecule has 27 heavy (non-hydrogen) atoms. The van der Waals surface area contributed by atoms with Gasteiger partial charge in [0.15, 0.2) is 0 Å². The average molecular weight is 419 g/mol. The van der Waals surface area contributed by atoms with Crippen molar-refractivity contribution in [2.45, 2.75) is 12.7 Å². The predicted octanol–water partition coefficient (Wildman–Crippen LogP) is 4.56. The highest BCUT2D eigenvalue weighted by molar-refractivity contribution is 6.35. The summed E-state index contributed by atoms with van der Waals surface area (Å²) >= 11 is 11.8. The van der Waals surface area contributed by atoms with Crippen molar-refractivity contribution in [3.8, 4) is 0 Å². The number of benzene rings is 2. The highest BCUT2D eigenvalue weighted by atomic mass is 35.5. The standard InChI is InChI=1S/C18H15Cl2F3N2O2/c1-25(17(27)13-6-14(19)8-15(20)7-13)9-11-2-4-12(5-3-11)16(26)24-10-18(21,22)23/h2-8H,9-10H2,1H3,(H,24,26). The van der Waals surface area contributed by atoms with Crippen molar-refractivity contribution < 1.29 is 22.8 Å². The van der Waals surface area contributed by atoms with Crippen LogP contribution in [0.15, 0.2) is 42.5 Å². The van der Waals surface area contributed by atoms with Gasteiger partial charge in [-0.25, -0.2) is 0 Å². The number of hydrogen-bond acceptors (Lipinski definition) is 2. The smallest absolute Gasteiger partial charge is 0.343 e. The van der Waals surface area contributed by atoms with E-state index in [0.717, 1.165) is 0 Å². The van der Waals surface area contributed by atoms with Crippen LogP contribution in [-0.2, 0) is 6.54 Å². The number of carbonyl (C=O) groups is 2. The van der Waals surface area contributed by atoms with Crippen molar-refractivity contribution in [2.24, 2.45) is 0 Å². The quantitative estimate of drug-likeness (QED) is 0.773. The molecule has 2 rings (SSSR count). The van der Waals surface area contributed by atoms with Crippen LogP contribution in [0.5, 0.6) is 0 Å². The van der Waals surface area contributed by atoms with E-state index in [4.69, 9.17) is 23.2 Å². The summed E-state index contributed by atoms with van der Waals surface area (Å²) in [6.07, 6.45) is -4.47. The molecule has 0 bridgehead atoms. The monoisotopic (exact) mass is 418 g/mol. The molecule has 0 fully saturated rings. The minimum Gasteiger partial charge on any atom is -0.343 e. The van der Waals surface area contributed by atoms with E-state index in [9.17, 15) is 22.8 Å². The van der Waals surface area contributed by atoms with Crippen LogP contribution in [0.4, 0.5) is 13.2 Å². The summed E-state index contributed by atoms with van der Waals surface area (Å²) in [5.41, 5.74) is 1.13. The number of amides is 2. The molecule has 0 radical (unpaired) electrons. The number of nitrogens with one attached hydrogen (secondary N) is 1. The Morgan fingerprint density at radius 2 is 1.56 bits per heavy atom. The van der Waals surface area contributed by atoms with Crippen LogP contribution in [0.25, 0.3) is 0 Å². The molecule has 4 nitrogen and oxygen atoms in total. The van der Waals surface area contributed by atoms with Crippen LogP contribution in [0.1, 0.15) is 26.3 Å². The number of hydrogen-bond donors (Lipinski definition) is 1. The zero-order chi connectivity index (χ0) is 20.2. The van der Waals surface area contributed by atoms with E-state index in [1.54, 1.807) is 24.5 Å². The summed E-state index contributed by atoms with van der Waals surface area (Å²) in [5, 5.41) is 2.48. The van der Waals surface area contributed by atoms with E-state index in [1.165, 1.54) is 35.2 Å². The molecule has 0 spiro atoms. The van der Waals surface area contributed by atoms with Gasteiger partial charge in [-0.05, 0) is 35.9 Å². The Morgan fingerprint density at radius 3 is 2.07 bits per heavy atom. The fraction of sp³-hybridized carbons (Fsp3) is 0.222. The van der Waals surface area contributed by atoms with Crippen LogP contribution >= 0.6 is 23.2 Å². The second-order valence-electron chi connectivity index (χ2n) is 5.81. The molecule has 2 aromatic carbocycles. The lowest BCUT2D eigenvalue weighted by atomic mass is 10.1. The third kappa shape index (κ3) is 6.45. The molecule has 144 valence electrons. The van der Waals surface area contributed by atoms with E-state index in [0.29, 0.717) is 21.2 Å². The first-order valence-electron chi connectivity index (χ1n) is 7.70. The Morgan fingerprint density at radius 1 is 1.00 bits per heavy atom. The molecule has 0 heterocycles. The van der Waals surface area contributed by atoms with Gasteiger partial charge in [-0.1, -0.05) is 35.3 Å². The molecule has 2 amide bonds. The van der Waals surface area contributed by atoms with E-state index < -0.39 is 18.6 Å². The lowest BCUT2D eigenvalue weighted by molar-refractivity contribution is -0.123. The topological polar surface area (TPSA) is 49.4 Å². The molecule has 0 saturated carbocycles. The molecule has 0 saturated heterocycles. The maximum atomic E-state index is 12.4. The Hall–Kier alpha value is -2.25. The van der Waals surface area contributed by atoms with Crippen LogP contribution in [0, 0.1) is 0 Å². The fourth-order valence-electron chi connectivity index (χ4n) is 2.29. The first-order valence-corrected chi connectivity index (χ1v) is 8.46. The highest BCUT2D eigenvalue weighted by Crippen LogP contribution is 2.20. The number of nitrogens with zero attached hydrogens (tertiary/aromatic N) is 1. The number of rotatable bonds is 5. The van der Waals surface area contributed by atoms with Gasteiger partial charge in [-0.15, -0.1) is 0 Å². The molecule has 9 heteroatoms. The number of alkyl halides is 3. The van der Waals surface area contributed by atoms with Crippen molar-refractivity contribution in [3.05, 3.63) is 69.2 Å². The average Bonchev–Trinajstić information content (AvgIpc) is 2.58. The Balaban J connectivity index is 2.01. The minimum atomic E-state index is -4.47. The normalized spacial score (nSPS) is 11.2. The molecule has 0 aromatic heterocycles. The first-order chi connectivity index (χ1) is 12.5. The fourth-order valence-corrected chi connectivity index (χ4v) is 2.81. The van der Waals surface area contributed by atoms with E-state index in [2.05, 4.69) is 0 Å². The zero-order valence-electron chi connectivity index (χ0n) is 14.1. The molecule has 0 aliphatic rings. The van der Waals surface area contributed by atoms with Crippen molar-refractivity contribution >= 4 is 35.0 Å². The highest BCUT2D eigenvalue weighted by Gasteiger charge is 2.27. The third-order valence-corrected chi connectivity index (χ3v) is 3.98. The Kier molecular flexibility index (Phi) is 6.73. The van der Waals surface area contributed by atoms with Crippen LogP contribution in [0.3, 0.4) is 0 Å². The number of carbonyl (C=O) groups excluding carboxylic acids is 2. The van der Waals surface area contributed by atoms with Gasteiger partial charge in [0, 0.05) is 34.8 Å². The molecular formula is C18H15Cl2F3N2O2. The van der Waals surface area contributed by atoms with Crippen LogP contribution in [-0.4, -0.2) is 36.5 Å². The van der Waals surface area contributed by atoms with E-state index in [1.807, 2.05) is 0 Å². The summed E-state index contributed by atoms with van der Waals surface area (Å²) in [6.45, 7) is -1.17. The van der Waals surface area contributed by atoms with Gasteiger partial charge in [0.05, 0.1) is 0 Å². The summed E-state index contributed by atoms with van der Waals surface area (Å²) in [4.78, 5) is 25.6. The largest absolute Gasteiger partial charge is 0.405 e. The van der Waals surface area contributed by atoms with Crippen molar-refractivity contribution in [1.82, 2.24) is 10.2 Å². The molecule has 0 atom stereocenters. The van der Waals surface area contributed by atoms with E-state index >= 15 is 0 Å². The van der Waals surface area contributed by atoms with E-state index in [-0.39, 0.29) is 18.0 Å². The second kappa shape index (κ2) is 8.63. The second-order valence-corrected chi connectivity index (χ2v) is 6.69. The maximum absolute atomic E-state index is 12.4.